The van der Waals surface area contributed by atoms with E-state index in [1.54, 1.807) is 0 Å². The molecule has 0 bridgehead atoms. The summed E-state index contributed by atoms with van der Waals surface area (Å²) in [5, 5.41) is 0. The molecule has 1 aromatic rings. The van der Waals surface area contributed by atoms with E-state index in [0.717, 1.165) is 12.8 Å². The number of benzene rings is 1. The smallest absolute Gasteiger partial charge is 0.00705 e. The van der Waals surface area contributed by atoms with Crippen molar-refractivity contribution in [2.45, 2.75) is 44.6 Å². The Balaban J connectivity index is 1.90. The van der Waals surface area contributed by atoms with Crippen molar-refractivity contribution in [3.05, 3.63) is 48.0 Å². The summed E-state index contributed by atoms with van der Waals surface area (Å²) in [6.45, 7) is 3.76. The second-order valence-electron chi connectivity index (χ2n) is 5.16. The fourth-order valence-electron chi connectivity index (χ4n) is 2.82. The van der Waals surface area contributed by atoms with Crippen LogP contribution in [0.25, 0.3) is 0 Å². The molecule has 1 aliphatic rings. The molecule has 17 heavy (non-hydrogen) atoms. The van der Waals surface area contributed by atoms with Crippen molar-refractivity contribution in [1.29, 1.82) is 0 Å². The minimum Gasteiger partial charge on any atom is -0.327 e. The lowest BCUT2D eigenvalue weighted by atomic mass is 9.79. The summed E-state index contributed by atoms with van der Waals surface area (Å²) in [5.74, 6) is 0.676. The van der Waals surface area contributed by atoms with Crippen molar-refractivity contribution in [2.75, 3.05) is 0 Å². The number of unbranched alkanes of at least 4 members (excludes halogenated alkanes) is 1. The molecule has 0 saturated carbocycles. The van der Waals surface area contributed by atoms with Gasteiger partial charge in [0.1, 0.15) is 0 Å². The molecule has 2 rings (SSSR count). The fourth-order valence-corrected chi connectivity index (χ4v) is 2.82. The van der Waals surface area contributed by atoms with Crippen molar-refractivity contribution in [3.8, 4) is 0 Å². The molecule has 0 saturated heterocycles. The summed E-state index contributed by atoms with van der Waals surface area (Å²) in [6.07, 6.45) is 9.04. The van der Waals surface area contributed by atoms with E-state index in [-0.39, 0.29) is 0 Å². The second kappa shape index (κ2) is 6.02. The molecule has 0 amide bonds. The van der Waals surface area contributed by atoms with Gasteiger partial charge >= 0.3 is 0 Å². The lowest BCUT2D eigenvalue weighted by Crippen LogP contribution is -2.34. The summed E-state index contributed by atoms with van der Waals surface area (Å²) < 4.78 is 0. The summed E-state index contributed by atoms with van der Waals surface area (Å²) in [5.41, 5.74) is 9.36. The van der Waals surface area contributed by atoms with Gasteiger partial charge in [0.25, 0.3) is 0 Å². The highest BCUT2D eigenvalue weighted by atomic mass is 14.6. The number of hydrogen-bond donors (Lipinski definition) is 1. The number of fused-ring (bicyclic) bond motifs is 1. The van der Waals surface area contributed by atoms with Crippen LogP contribution in [-0.4, -0.2) is 6.04 Å². The highest BCUT2D eigenvalue weighted by molar-refractivity contribution is 5.29. The topological polar surface area (TPSA) is 26.0 Å². The first-order valence-corrected chi connectivity index (χ1v) is 6.74. The maximum Gasteiger partial charge on any atom is 0.00705 e. The molecule has 1 heteroatoms. The molecule has 0 heterocycles. The Bertz CT molecular complexity index is 370. The van der Waals surface area contributed by atoms with Crippen molar-refractivity contribution < 1.29 is 0 Å². The van der Waals surface area contributed by atoms with Gasteiger partial charge in [-0.05, 0) is 55.6 Å². The van der Waals surface area contributed by atoms with Gasteiger partial charge in [0.05, 0.1) is 0 Å². The van der Waals surface area contributed by atoms with Gasteiger partial charge in [-0.1, -0.05) is 30.3 Å². The lowest BCUT2D eigenvalue weighted by molar-refractivity contribution is 0.354. The minimum atomic E-state index is 0.364. The number of rotatable bonds is 5. The van der Waals surface area contributed by atoms with E-state index in [4.69, 9.17) is 5.73 Å². The van der Waals surface area contributed by atoms with Crippen molar-refractivity contribution in [1.82, 2.24) is 0 Å². The molecule has 0 aromatic heterocycles. The summed E-state index contributed by atoms with van der Waals surface area (Å²) in [4.78, 5) is 0. The molecule has 1 aliphatic carbocycles. The predicted molar refractivity (Wildman–Crippen MR) is 74.0 cm³/mol. The highest BCUT2D eigenvalue weighted by Crippen LogP contribution is 2.28. The lowest BCUT2D eigenvalue weighted by Gasteiger charge is -2.29. The monoisotopic (exact) mass is 229 g/mol. The Hall–Kier alpha value is -1.08. The van der Waals surface area contributed by atoms with Gasteiger partial charge in [-0.25, -0.2) is 0 Å². The first kappa shape index (κ1) is 12.4. The second-order valence-corrected chi connectivity index (χ2v) is 5.16. The van der Waals surface area contributed by atoms with Crippen LogP contribution >= 0.6 is 0 Å². The zero-order valence-corrected chi connectivity index (χ0v) is 10.6. The van der Waals surface area contributed by atoms with Crippen molar-refractivity contribution in [2.24, 2.45) is 11.7 Å². The summed E-state index contributed by atoms with van der Waals surface area (Å²) in [7, 11) is 0. The minimum absolute atomic E-state index is 0.364. The highest BCUT2D eigenvalue weighted by Gasteiger charge is 2.23. The van der Waals surface area contributed by atoms with Gasteiger partial charge in [0.15, 0.2) is 0 Å². The van der Waals surface area contributed by atoms with Gasteiger partial charge in [-0.15, -0.1) is 6.58 Å². The van der Waals surface area contributed by atoms with E-state index in [0.29, 0.717) is 12.0 Å². The van der Waals surface area contributed by atoms with E-state index in [2.05, 4.69) is 30.8 Å². The van der Waals surface area contributed by atoms with Crippen molar-refractivity contribution >= 4 is 0 Å². The van der Waals surface area contributed by atoms with Crippen LogP contribution in [0.4, 0.5) is 0 Å². The van der Waals surface area contributed by atoms with Gasteiger partial charge in [0, 0.05) is 6.04 Å². The van der Waals surface area contributed by atoms with Gasteiger partial charge in [0.2, 0.25) is 0 Å². The Kier molecular flexibility index (Phi) is 4.38. The zero-order valence-electron chi connectivity index (χ0n) is 10.6. The molecular formula is C16H23N. The quantitative estimate of drug-likeness (QED) is 0.607. The fraction of sp³-hybridized carbons (Fsp3) is 0.500. The molecule has 2 N–H and O–H groups in total. The van der Waals surface area contributed by atoms with E-state index >= 15 is 0 Å². The van der Waals surface area contributed by atoms with E-state index in [1.165, 1.54) is 36.8 Å². The van der Waals surface area contributed by atoms with Gasteiger partial charge in [-0.3, -0.25) is 0 Å². The van der Waals surface area contributed by atoms with E-state index in [1.807, 2.05) is 6.08 Å². The van der Waals surface area contributed by atoms with Gasteiger partial charge in [-0.2, -0.15) is 0 Å². The molecule has 1 aromatic carbocycles. The van der Waals surface area contributed by atoms with E-state index < -0.39 is 0 Å². The molecule has 0 fully saturated rings. The number of aryl methyl sites for hydroxylation is 1. The third-order valence-corrected chi connectivity index (χ3v) is 3.94. The molecule has 0 spiro atoms. The SMILES string of the molecule is C=CCCCC(N)C1CCc2ccccc2C1. The van der Waals surface area contributed by atoms with Crippen molar-refractivity contribution in [3.63, 3.8) is 0 Å². The Morgan fingerprint density at radius 1 is 1.35 bits per heavy atom. The van der Waals surface area contributed by atoms with Crippen LogP contribution in [-0.2, 0) is 12.8 Å². The largest absolute Gasteiger partial charge is 0.327 e. The van der Waals surface area contributed by atoms with Crippen LogP contribution in [0, 0.1) is 5.92 Å². The summed E-state index contributed by atoms with van der Waals surface area (Å²) in [6, 6.07) is 9.17. The molecule has 2 unspecified atom stereocenters. The standard InChI is InChI=1S/C16H23N/c1-2-3-4-9-16(17)15-11-10-13-7-5-6-8-14(13)12-15/h2,5-8,15-16H,1,3-4,9-12,17H2. The summed E-state index contributed by atoms with van der Waals surface area (Å²) >= 11 is 0. The average Bonchev–Trinajstić information content (AvgIpc) is 2.38. The molecule has 92 valence electrons. The Morgan fingerprint density at radius 3 is 2.88 bits per heavy atom. The average molecular weight is 229 g/mol. The third kappa shape index (κ3) is 3.19. The molecule has 0 aliphatic heterocycles. The zero-order chi connectivity index (χ0) is 12.1. The number of hydrogen-bond acceptors (Lipinski definition) is 1. The normalized spacial score (nSPS) is 20.6. The molecule has 0 radical (unpaired) electrons. The third-order valence-electron chi connectivity index (χ3n) is 3.94. The maximum atomic E-state index is 6.31. The van der Waals surface area contributed by atoms with Crippen LogP contribution in [0.2, 0.25) is 0 Å². The van der Waals surface area contributed by atoms with Crippen LogP contribution < -0.4 is 5.73 Å². The first-order chi connectivity index (χ1) is 8.31. The Labute approximate surface area is 105 Å². The molecular weight excluding hydrogens is 206 g/mol. The van der Waals surface area contributed by atoms with Crippen LogP contribution in [0.1, 0.15) is 36.8 Å². The first-order valence-electron chi connectivity index (χ1n) is 6.74. The number of nitrogens with two attached hydrogens (primary N) is 1. The van der Waals surface area contributed by atoms with Gasteiger partial charge < -0.3 is 5.73 Å². The number of allylic oxidation sites excluding steroid dienone is 1. The van der Waals surface area contributed by atoms with Crippen LogP contribution in [0.15, 0.2) is 36.9 Å². The van der Waals surface area contributed by atoms with Crippen LogP contribution in [0.3, 0.4) is 0 Å². The predicted octanol–water partition coefficient (Wildman–Crippen LogP) is 3.48. The Morgan fingerprint density at radius 2 is 2.12 bits per heavy atom. The van der Waals surface area contributed by atoms with Crippen LogP contribution in [0.5, 0.6) is 0 Å². The molecule has 2 atom stereocenters. The maximum absolute atomic E-state index is 6.31. The molecule has 1 nitrogen and oxygen atoms in total. The van der Waals surface area contributed by atoms with E-state index in [9.17, 15) is 0 Å².